The van der Waals surface area contributed by atoms with E-state index < -0.39 is 16.3 Å². The predicted octanol–water partition coefficient (Wildman–Crippen LogP) is 1.63. The second kappa shape index (κ2) is 4.37. The maximum atomic E-state index is 12.7. The zero-order valence-corrected chi connectivity index (χ0v) is 8.52. The predicted molar refractivity (Wildman–Crippen MR) is 47.7 cm³/mol. The molecule has 1 saturated carbocycles. The van der Waals surface area contributed by atoms with Gasteiger partial charge in [0.15, 0.2) is 0 Å². The summed E-state index contributed by atoms with van der Waals surface area (Å²) in [6, 6.07) is 0. The highest BCUT2D eigenvalue weighted by Gasteiger charge is 2.24. The Morgan fingerprint density at radius 3 is 2.31 bits per heavy atom. The summed E-state index contributed by atoms with van der Waals surface area (Å²) in [6.07, 6.45) is 0.801. The molecule has 3 nitrogen and oxygen atoms in total. The minimum absolute atomic E-state index is 0.0114. The van der Waals surface area contributed by atoms with E-state index in [-0.39, 0.29) is 11.9 Å². The third-order valence-electron chi connectivity index (χ3n) is 2.24. The van der Waals surface area contributed by atoms with Gasteiger partial charge in [-0.15, -0.1) is 0 Å². The zero-order valence-electron chi connectivity index (χ0n) is 7.70. The van der Waals surface area contributed by atoms with Crippen LogP contribution in [0.4, 0.5) is 4.39 Å². The lowest BCUT2D eigenvalue weighted by molar-refractivity contribution is 0.119. The molecule has 0 aromatic rings. The van der Waals surface area contributed by atoms with Crippen molar-refractivity contribution in [2.24, 2.45) is 0 Å². The lowest BCUT2D eigenvalue weighted by atomic mass is 9.96. The Morgan fingerprint density at radius 2 is 1.85 bits per heavy atom. The number of rotatable bonds is 3. The molecule has 0 atom stereocenters. The lowest BCUT2D eigenvalue weighted by Gasteiger charge is -2.23. The van der Waals surface area contributed by atoms with Crippen molar-refractivity contribution in [3.8, 4) is 0 Å². The van der Waals surface area contributed by atoms with Crippen molar-refractivity contribution in [1.82, 2.24) is 0 Å². The third-order valence-corrected chi connectivity index (χ3v) is 3.51. The minimum atomic E-state index is -3.36. The molecule has 1 aliphatic rings. The van der Waals surface area contributed by atoms with Gasteiger partial charge in [0.25, 0.3) is 10.1 Å². The summed E-state index contributed by atoms with van der Waals surface area (Å²) >= 11 is 0. The van der Waals surface area contributed by atoms with Crippen LogP contribution >= 0.6 is 0 Å². The molecule has 0 aromatic carbocycles. The summed E-state index contributed by atoms with van der Waals surface area (Å²) in [5, 5.41) is 0. The minimum Gasteiger partial charge on any atom is -0.267 e. The van der Waals surface area contributed by atoms with Gasteiger partial charge in [-0.3, -0.25) is 4.18 Å². The Hall–Kier alpha value is -0.160. The first-order chi connectivity index (χ1) is 6.03. The number of hydrogen-bond acceptors (Lipinski definition) is 3. The molecule has 1 aliphatic carbocycles. The standard InChI is InChI=1S/C8H15FO3S/c1-2-13(10,11)12-8-5-3-7(9)4-6-8/h7-8H,2-6H2,1H3. The van der Waals surface area contributed by atoms with Gasteiger partial charge in [0.1, 0.15) is 6.17 Å². The highest BCUT2D eigenvalue weighted by molar-refractivity contribution is 7.86. The molecule has 5 heteroatoms. The Labute approximate surface area is 78.4 Å². The SMILES string of the molecule is CCS(=O)(=O)OC1CCC(F)CC1. The molecule has 1 rings (SSSR count). The van der Waals surface area contributed by atoms with E-state index in [9.17, 15) is 12.8 Å². The van der Waals surface area contributed by atoms with Crippen LogP contribution in [0.15, 0.2) is 0 Å². The topological polar surface area (TPSA) is 43.4 Å². The average molecular weight is 210 g/mol. The maximum absolute atomic E-state index is 12.7. The van der Waals surface area contributed by atoms with Crippen molar-refractivity contribution in [2.45, 2.75) is 44.9 Å². The average Bonchev–Trinajstić information content (AvgIpc) is 2.09. The van der Waals surface area contributed by atoms with Gasteiger partial charge in [-0.2, -0.15) is 8.42 Å². The first-order valence-electron chi connectivity index (χ1n) is 4.58. The summed E-state index contributed by atoms with van der Waals surface area (Å²) < 4.78 is 39.6. The molecule has 0 amide bonds. The smallest absolute Gasteiger partial charge is 0.267 e. The van der Waals surface area contributed by atoms with E-state index in [4.69, 9.17) is 4.18 Å². The van der Waals surface area contributed by atoms with Gasteiger partial charge >= 0.3 is 0 Å². The van der Waals surface area contributed by atoms with Crippen molar-refractivity contribution in [1.29, 1.82) is 0 Å². The monoisotopic (exact) mass is 210 g/mol. The van der Waals surface area contributed by atoms with E-state index in [1.54, 1.807) is 0 Å². The molecule has 0 aromatic heterocycles. The van der Waals surface area contributed by atoms with Crippen molar-refractivity contribution in [3.63, 3.8) is 0 Å². The third kappa shape index (κ3) is 3.60. The highest BCUT2D eigenvalue weighted by Crippen LogP contribution is 2.24. The molecule has 1 fully saturated rings. The fraction of sp³-hybridized carbons (Fsp3) is 1.00. The van der Waals surface area contributed by atoms with Crippen LogP contribution in [-0.4, -0.2) is 26.4 Å². The number of halogens is 1. The fourth-order valence-corrected chi connectivity index (χ4v) is 2.14. The van der Waals surface area contributed by atoms with Crippen LogP contribution in [0.25, 0.3) is 0 Å². The van der Waals surface area contributed by atoms with E-state index in [1.165, 1.54) is 6.92 Å². The van der Waals surface area contributed by atoms with Gasteiger partial charge in [-0.25, -0.2) is 4.39 Å². The van der Waals surface area contributed by atoms with Crippen LogP contribution < -0.4 is 0 Å². The molecule has 0 heterocycles. The van der Waals surface area contributed by atoms with E-state index in [0.717, 1.165) is 0 Å². The van der Waals surface area contributed by atoms with E-state index in [2.05, 4.69) is 0 Å². The second-order valence-electron chi connectivity index (χ2n) is 3.32. The van der Waals surface area contributed by atoms with E-state index in [0.29, 0.717) is 25.7 Å². The summed E-state index contributed by atoms with van der Waals surface area (Å²) in [6.45, 7) is 1.54. The molecular formula is C8H15FO3S. The van der Waals surface area contributed by atoms with Crippen molar-refractivity contribution >= 4 is 10.1 Å². The first-order valence-corrected chi connectivity index (χ1v) is 6.16. The van der Waals surface area contributed by atoms with Crippen molar-refractivity contribution in [3.05, 3.63) is 0 Å². The van der Waals surface area contributed by atoms with Crippen LogP contribution in [0.3, 0.4) is 0 Å². The summed E-state index contributed by atoms with van der Waals surface area (Å²) in [5.74, 6) is -0.0114. The van der Waals surface area contributed by atoms with Gasteiger partial charge in [-0.1, -0.05) is 0 Å². The molecule has 0 unspecified atom stereocenters. The van der Waals surface area contributed by atoms with Gasteiger partial charge in [0, 0.05) is 0 Å². The molecule has 0 bridgehead atoms. The zero-order chi connectivity index (χ0) is 9.90. The number of hydrogen-bond donors (Lipinski definition) is 0. The normalized spacial score (nSPS) is 30.3. The highest BCUT2D eigenvalue weighted by atomic mass is 32.2. The largest absolute Gasteiger partial charge is 0.267 e. The summed E-state index contributed by atoms with van der Waals surface area (Å²) in [5.41, 5.74) is 0. The molecule has 0 aliphatic heterocycles. The molecule has 0 N–H and O–H groups in total. The van der Waals surface area contributed by atoms with Gasteiger partial charge in [-0.05, 0) is 32.6 Å². The Morgan fingerprint density at radius 1 is 1.31 bits per heavy atom. The Kier molecular flexibility index (Phi) is 3.67. The van der Waals surface area contributed by atoms with Gasteiger partial charge < -0.3 is 0 Å². The summed E-state index contributed by atoms with van der Waals surface area (Å²) in [4.78, 5) is 0. The molecule has 0 spiro atoms. The second-order valence-corrected chi connectivity index (χ2v) is 5.20. The van der Waals surface area contributed by atoms with E-state index in [1.807, 2.05) is 0 Å². The van der Waals surface area contributed by atoms with Gasteiger partial charge in [0.05, 0.1) is 11.9 Å². The summed E-state index contributed by atoms with van der Waals surface area (Å²) in [7, 11) is -3.36. The molecule has 78 valence electrons. The van der Waals surface area contributed by atoms with Crippen molar-refractivity contribution in [2.75, 3.05) is 5.75 Å². The van der Waals surface area contributed by atoms with Crippen LogP contribution in [0, 0.1) is 0 Å². The fourth-order valence-electron chi connectivity index (χ4n) is 1.39. The Balaban J connectivity index is 2.39. The quantitative estimate of drug-likeness (QED) is 0.665. The van der Waals surface area contributed by atoms with Crippen LogP contribution in [0.5, 0.6) is 0 Å². The first kappa shape index (κ1) is 10.9. The van der Waals surface area contributed by atoms with E-state index >= 15 is 0 Å². The lowest BCUT2D eigenvalue weighted by Crippen LogP contribution is -2.25. The molecule has 0 radical (unpaired) electrons. The van der Waals surface area contributed by atoms with Crippen LogP contribution in [0.1, 0.15) is 32.6 Å². The molecule has 13 heavy (non-hydrogen) atoms. The number of alkyl halides is 1. The van der Waals surface area contributed by atoms with Crippen molar-refractivity contribution < 1.29 is 17.0 Å². The Bertz CT molecular complexity index is 242. The maximum Gasteiger partial charge on any atom is 0.267 e. The molecular weight excluding hydrogens is 195 g/mol. The molecule has 0 saturated heterocycles. The van der Waals surface area contributed by atoms with Gasteiger partial charge in [0.2, 0.25) is 0 Å². The van der Waals surface area contributed by atoms with Crippen LogP contribution in [-0.2, 0) is 14.3 Å². The van der Waals surface area contributed by atoms with Crippen LogP contribution in [0.2, 0.25) is 0 Å².